The standard InChI is InChI=1S/C29H19BrN2O3/c30-20-16-14-19(15-17-20)26-18-24(22-10-4-6-12-25(22)32-26)29(34)35-27-13-7-5-11-23(27)28(33)31-21-8-2-1-3-9-21/h1-18H,(H,31,33). The molecule has 1 amide bonds. The van der Waals surface area contributed by atoms with Gasteiger partial charge < -0.3 is 10.1 Å². The van der Waals surface area contributed by atoms with Crippen molar-refractivity contribution < 1.29 is 14.3 Å². The van der Waals surface area contributed by atoms with Gasteiger partial charge in [-0.25, -0.2) is 9.78 Å². The van der Waals surface area contributed by atoms with Crippen molar-refractivity contribution in [2.75, 3.05) is 5.32 Å². The number of esters is 1. The maximum absolute atomic E-state index is 13.4. The number of nitrogens with zero attached hydrogens (tertiary/aromatic N) is 1. The highest BCUT2D eigenvalue weighted by molar-refractivity contribution is 9.10. The fourth-order valence-corrected chi connectivity index (χ4v) is 4.00. The summed E-state index contributed by atoms with van der Waals surface area (Å²) >= 11 is 3.44. The van der Waals surface area contributed by atoms with E-state index in [2.05, 4.69) is 21.2 Å². The molecule has 0 unspecified atom stereocenters. The molecule has 0 fully saturated rings. The normalized spacial score (nSPS) is 10.7. The summed E-state index contributed by atoms with van der Waals surface area (Å²) in [5.74, 6) is -0.756. The fraction of sp³-hybridized carbons (Fsp3) is 0. The molecule has 0 aliphatic carbocycles. The number of pyridine rings is 1. The molecular weight excluding hydrogens is 504 g/mol. The summed E-state index contributed by atoms with van der Waals surface area (Å²) in [5, 5.41) is 3.50. The second-order valence-corrected chi connectivity index (χ2v) is 8.70. The van der Waals surface area contributed by atoms with E-state index in [0.717, 1.165) is 10.0 Å². The Kier molecular flexibility index (Phi) is 6.37. The predicted molar refractivity (Wildman–Crippen MR) is 141 cm³/mol. The molecule has 5 nitrogen and oxygen atoms in total. The van der Waals surface area contributed by atoms with Crippen LogP contribution in [-0.4, -0.2) is 16.9 Å². The van der Waals surface area contributed by atoms with Crippen molar-refractivity contribution in [3.8, 4) is 17.0 Å². The van der Waals surface area contributed by atoms with Gasteiger partial charge >= 0.3 is 5.97 Å². The van der Waals surface area contributed by atoms with Crippen molar-refractivity contribution in [2.24, 2.45) is 0 Å². The zero-order valence-corrected chi connectivity index (χ0v) is 20.0. The smallest absolute Gasteiger partial charge is 0.344 e. The summed E-state index contributed by atoms with van der Waals surface area (Å²) < 4.78 is 6.72. The SMILES string of the molecule is O=C(Nc1ccccc1)c1ccccc1OC(=O)c1cc(-c2ccc(Br)cc2)nc2ccccc12. The summed E-state index contributed by atoms with van der Waals surface area (Å²) in [6.45, 7) is 0. The molecule has 35 heavy (non-hydrogen) atoms. The largest absolute Gasteiger partial charge is 0.422 e. The van der Waals surface area contributed by atoms with Gasteiger partial charge in [0.1, 0.15) is 5.75 Å². The number of anilines is 1. The summed E-state index contributed by atoms with van der Waals surface area (Å²) in [6, 6.07) is 32.6. The summed E-state index contributed by atoms with van der Waals surface area (Å²) in [7, 11) is 0. The first-order valence-corrected chi connectivity index (χ1v) is 11.7. The fourth-order valence-electron chi connectivity index (χ4n) is 3.73. The quantitative estimate of drug-likeness (QED) is 0.197. The lowest BCUT2D eigenvalue weighted by Crippen LogP contribution is -2.16. The van der Waals surface area contributed by atoms with E-state index in [4.69, 9.17) is 9.72 Å². The molecule has 5 rings (SSSR count). The number of halogens is 1. The Hall–Kier alpha value is -4.29. The third-order valence-corrected chi connectivity index (χ3v) is 5.97. The number of amides is 1. The topological polar surface area (TPSA) is 68.3 Å². The number of nitrogens with one attached hydrogen (secondary N) is 1. The van der Waals surface area contributed by atoms with Crippen LogP contribution in [0.1, 0.15) is 20.7 Å². The Morgan fingerprint density at radius 3 is 2.23 bits per heavy atom. The van der Waals surface area contributed by atoms with E-state index in [1.165, 1.54) is 0 Å². The van der Waals surface area contributed by atoms with Crippen LogP contribution >= 0.6 is 15.9 Å². The molecule has 0 saturated carbocycles. The van der Waals surface area contributed by atoms with Crippen LogP contribution in [0.25, 0.3) is 22.2 Å². The van der Waals surface area contributed by atoms with Gasteiger partial charge in [-0.05, 0) is 48.5 Å². The summed E-state index contributed by atoms with van der Waals surface area (Å²) in [6.07, 6.45) is 0. The van der Waals surface area contributed by atoms with Crippen molar-refractivity contribution in [1.82, 2.24) is 4.98 Å². The van der Waals surface area contributed by atoms with Crippen LogP contribution in [0, 0.1) is 0 Å². The van der Waals surface area contributed by atoms with E-state index in [1.807, 2.05) is 66.7 Å². The Balaban J connectivity index is 1.50. The molecular formula is C29H19BrN2O3. The van der Waals surface area contributed by atoms with Gasteiger partial charge in [0.25, 0.3) is 5.91 Å². The van der Waals surface area contributed by atoms with Gasteiger partial charge in [0.15, 0.2) is 0 Å². The number of para-hydroxylation sites is 3. The molecule has 4 aromatic carbocycles. The number of ether oxygens (including phenoxy) is 1. The minimum Gasteiger partial charge on any atom is -0.422 e. The highest BCUT2D eigenvalue weighted by Gasteiger charge is 2.19. The molecule has 0 atom stereocenters. The van der Waals surface area contributed by atoms with Gasteiger partial charge in [-0.15, -0.1) is 0 Å². The second kappa shape index (κ2) is 9.91. The Bertz CT molecular complexity index is 1530. The van der Waals surface area contributed by atoms with Gasteiger partial charge in [0.05, 0.1) is 22.3 Å². The van der Waals surface area contributed by atoms with E-state index in [-0.39, 0.29) is 17.2 Å². The van der Waals surface area contributed by atoms with Gasteiger partial charge in [0.2, 0.25) is 0 Å². The van der Waals surface area contributed by atoms with Gasteiger partial charge in [-0.2, -0.15) is 0 Å². The molecule has 0 aliphatic heterocycles. The highest BCUT2D eigenvalue weighted by atomic mass is 79.9. The minimum atomic E-state index is -0.568. The number of carbonyl (C=O) groups excluding carboxylic acids is 2. The Morgan fingerprint density at radius 2 is 1.43 bits per heavy atom. The van der Waals surface area contributed by atoms with Gasteiger partial charge in [-0.1, -0.05) is 76.6 Å². The zero-order chi connectivity index (χ0) is 24.2. The number of carbonyl (C=O) groups is 2. The first kappa shape index (κ1) is 22.5. The number of rotatable bonds is 5. The third-order valence-electron chi connectivity index (χ3n) is 5.44. The number of fused-ring (bicyclic) bond motifs is 1. The molecule has 1 N–H and O–H groups in total. The molecule has 1 heterocycles. The van der Waals surface area contributed by atoms with E-state index < -0.39 is 5.97 Å². The lowest BCUT2D eigenvalue weighted by molar-refractivity contribution is 0.0735. The molecule has 0 saturated heterocycles. The maximum Gasteiger partial charge on any atom is 0.344 e. The van der Waals surface area contributed by atoms with Crippen LogP contribution in [0.2, 0.25) is 0 Å². The molecule has 0 spiro atoms. The molecule has 0 bridgehead atoms. The van der Waals surface area contributed by atoms with Crippen LogP contribution < -0.4 is 10.1 Å². The minimum absolute atomic E-state index is 0.178. The summed E-state index contributed by atoms with van der Waals surface area (Å²) in [4.78, 5) is 31.1. The van der Waals surface area contributed by atoms with Crippen molar-refractivity contribution in [3.63, 3.8) is 0 Å². The zero-order valence-electron chi connectivity index (χ0n) is 18.4. The van der Waals surface area contributed by atoms with Crippen molar-refractivity contribution in [2.45, 2.75) is 0 Å². The van der Waals surface area contributed by atoms with Crippen LogP contribution in [0.3, 0.4) is 0 Å². The number of hydrogen-bond donors (Lipinski definition) is 1. The Labute approximate surface area is 210 Å². The Morgan fingerprint density at radius 1 is 0.743 bits per heavy atom. The van der Waals surface area contributed by atoms with E-state index in [0.29, 0.717) is 27.8 Å². The molecule has 0 aliphatic rings. The first-order valence-electron chi connectivity index (χ1n) is 10.9. The van der Waals surface area contributed by atoms with Gasteiger partial charge in [-0.3, -0.25) is 4.79 Å². The van der Waals surface area contributed by atoms with Crippen LogP contribution in [0.5, 0.6) is 5.75 Å². The number of aromatic nitrogens is 1. The number of benzene rings is 4. The average molecular weight is 523 g/mol. The average Bonchev–Trinajstić information content (AvgIpc) is 2.89. The highest BCUT2D eigenvalue weighted by Crippen LogP contribution is 2.28. The van der Waals surface area contributed by atoms with Crippen molar-refractivity contribution in [1.29, 1.82) is 0 Å². The summed E-state index contributed by atoms with van der Waals surface area (Å²) in [5.41, 5.74) is 3.48. The number of hydrogen-bond acceptors (Lipinski definition) is 4. The van der Waals surface area contributed by atoms with Gasteiger partial charge in [0, 0.05) is 21.1 Å². The molecule has 1 aromatic heterocycles. The van der Waals surface area contributed by atoms with Crippen LogP contribution in [0.15, 0.2) is 114 Å². The van der Waals surface area contributed by atoms with E-state index in [9.17, 15) is 9.59 Å². The second-order valence-electron chi connectivity index (χ2n) is 7.78. The monoisotopic (exact) mass is 522 g/mol. The lowest BCUT2D eigenvalue weighted by atomic mass is 10.0. The molecule has 6 heteroatoms. The molecule has 5 aromatic rings. The van der Waals surface area contributed by atoms with Crippen molar-refractivity contribution >= 4 is 44.4 Å². The van der Waals surface area contributed by atoms with Crippen LogP contribution in [0.4, 0.5) is 5.69 Å². The first-order chi connectivity index (χ1) is 17.1. The third kappa shape index (κ3) is 4.98. The molecule has 0 radical (unpaired) electrons. The van der Waals surface area contributed by atoms with E-state index in [1.54, 1.807) is 42.5 Å². The molecule has 170 valence electrons. The predicted octanol–water partition coefficient (Wildman–Crippen LogP) is 7.14. The maximum atomic E-state index is 13.4. The van der Waals surface area contributed by atoms with Crippen LogP contribution in [-0.2, 0) is 0 Å². The van der Waals surface area contributed by atoms with Crippen molar-refractivity contribution in [3.05, 3.63) is 125 Å². The lowest BCUT2D eigenvalue weighted by Gasteiger charge is -2.13. The van der Waals surface area contributed by atoms with E-state index >= 15 is 0 Å².